The lowest BCUT2D eigenvalue weighted by Gasteiger charge is -2.15. The van der Waals surface area contributed by atoms with E-state index in [-0.39, 0.29) is 5.91 Å². The van der Waals surface area contributed by atoms with Crippen molar-refractivity contribution in [2.24, 2.45) is 5.92 Å². The molecule has 0 unspecified atom stereocenters. The fourth-order valence-corrected chi connectivity index (χ4v) is 3.19. The molecule has 0 aliphatic heterocycles. The summed E-state index contributed by atoms with van der Waals surface area (Å²) in [7, 11) is 1.51. The summed E-state index contributed by atoms with van der Waals surface area (Å²) in [5.41, 5.74) is 0.369. The summed E-state index contributed by atoms with van der Waals surface area (Å²) in [5, 5.41) is 12.6. The van der Waals surface area contributed by atoms with Crippen LogP contribution in [0.15, 0.2) is 12.1 Å². The number of carbonyl (C=O) groups excluding carboxylic acids is 1. The minimum absolute atomic E-state index is 0.321. The molecule has 26 heavy (non-hydrogen) atoms. The highest BCUT2D eigenvalue weighted by Crippen LogP contribution is 2.37. The largest absolute Gasteiger partial charge is 0.493 e. The van der Waals surface area contributed by atoms with Crippen LogP contribution < -0.4 is 14.8 Å². The number of aromatic nitrogens is 2. The Morgan fingerprint density at radius 2 is 2.12 bits per heavy atom. The molecule has 142 valence electrons. The van der Waals surface area contributed by atoms with Crippen LogP contribution in [0.25, 0.3) is 0 Å². The predicted octanol–water partition coefficient (Wildman–Crippen LogP) is 4.83. The van der Waals surface area contributed by atoms with Crippen molar-refractivity contribution < 1.29 is 14.3 Å². The van der Waals surface area contributed by atoms with Gasteiger partial charge in [0.2, 0.25) is 5.13 Å². The number of ether oxygens (including phenoxy) is 2. The first-order valence-electron chi connectivity index (χ1n) is 8.58. The first-order valence-corrected chi connectivity index (χ1v) is 9.78. The summed E-state index contributed by atoms with van der Waals surface area (Å²) in [4.78, 5) is 12.5. The van der Waals surface area contributed by atoms with Crippen LogP contribution in [0.4, 0.5) is 5.13 Å². The van der Waals surface area contributed by atoms with E-state index in [9.17, 15) is 4.79 Å². The molecule has 2 aromatic rings. The average molecular weight is 398 g/mol. The van der Waals surface area contributed by atoms with E-state index in [1.54, 1.807) is 12.1 Å². The second-order valence-corrected chi connectivity index (χ2v) is 7.72. The van der Waals surface area contributed by atoms with Crippen LogP contribution in [-0.2, 0) is 6.42 Å². The third-order valence-corrected chi connectivity index (χ3v) is 4.66. The zero-order valence-corrected chi connectivity index (χ0v) is 17.0. The number of aryl methyl sites for hydroxylation is 1. The molecular formula is C18H24ClN3O3S. The molecule has 0 atom stereocenters. The summed E-state index contributed by atoms with van der Waals surface area (Å²) in [6.45, 7) is 6.71. The van der Waals surface area contributed by atoms with Gasteiger partial charge < -0.3 is 9.47 Å². The van der Waals surface area contributed by atoms with E-state index >= 15 is 0 Å². The molecule has 0 aliphatic carbocycles. The number of halogens is 1. The lowest BCUT2D eigenvalue weighted by atomic mass is 10.2. The van der Waals surface area contributed by atoms with Crippen LogP contribution in [0, 0.1) is 5.92 Å². The van der Waals surface area contributed by atoms with Gasteiger partial charge >= 0.3 is 0 Å². The molecular weight excluding hydrogens is 374 g/mol. The van der Waals surface area contributed by atoms with Gasteiger partial charge in [0.25, 0.3) is 5.91 Å². The van der Waals surface area contributed by atoms with Gasteiger partial charge in [-0.25, -0.2) is 0 Å². The second-order valence-electron chi connectivity index (χ2n) is 6.25. The van der Waals surface area contributed by atoms with E-state index in [1.807, 2.05) is 13.8 Å². The normalized spacial score (nSPS) is 10.8. The summed E-state index contributed by atoms with van der Waals surface area (Å²) < 4.78 is 11.0. The predicted molar refractivity (Wildman–Crippen MR) is 105 cm³/mol. The summed E-state index contributed by atoms with van der Waals surface area (Å²) in [5.74, 6) is 0.887. The van der Waals surface area contributed by atoms with Crippen LogP contribution >= 0.6 is 22.9 Å². The third kappa shape index (κ3) is 5.57. The lowest BCUT2D eigenvalue weighted by molar-refractivity contribution is 0.102. The standard InChI is InChI=1S/C18H24ClN3O3S/c1-5-6-7-15-21-22-18(26-15)20-17(23)12-8-13(19)16(14(9-12)24-4)25-10-11(2)3/h8-9,11H,5-7,10H2,1-4H3,(H,20,22,23). The molecule has 0 fully saturated rings. The zero-order chi connectivity index (χ0) is 19.1. The van der Waals surface area contributed by atoms with Gasteiger partial charge in [-0.15, -0.1) is 10.2 Å². The second kappa shape index (κ2) is 9.73. The molecule has 6 nitrogen and oxygen atoms in total. The van der Waals surface area contributed by atoms with Crippen LogP contribution in [0.2, 0.25) is 5.02 Å². The first kappa shape index (κ1) is 20.5. The molecule has 1 N–H and O–H groups in total. The van der Waals surface area contributed by atoms with Crippen molar-refractivity contribution in [3.8, 4) is 11.5 Å². The summed E-state index contributed by atoms with van der Waals surface area (Å²) in [6.07, 6.45) is 3.00. The Balaban J connectivity index is 2.13. The fraction of sp³-hybridized carbons (Fsp3) is 0.500. The molecule has 0 aliphatic rings. The number of unbranched alkanes of at least 4 members (excludes halogenated alkanes) is 1. The van der Waals surface area contributed by atoms with E-state index in [2.05, 4.69) is 22.4 Å². The number of hydrogen-bond acceptors (Lipinski definition) is 6. The Morgan fingerprint density at radius 1 is 1.35 bits per heavy atom. The van der Waals surface area contributed by atoms with Crippen molar-refractivity contribution in [1.82, 2.24) is 10.2 Å². The van der Waals surface area contributed by atoms with Gasteiger partial charge in [0.05, 0.1) is 18.7 Å². The number of benzene rings is 1. The van der Waals surface area contributed by atoms with Gasteiger partial charge in [0.1, 0.15) is 5.01 Å². The smallest absolute Gasteiger partial charge is 0.257 e. The SMILES string of the molecule is CCCCc1nnc(NC(=O)c2cc(Cl)c(OCC(C)C)c(OC)c2)s1. The van der Waals surface area contributed by atoms with Gasteiger partial charge in [-0.1, -0.05) is 50.1 Å². The molecule has 0 saturated heterocycles. The van der Waals surface area contributed by atoms with Crippen molar-refractivity contribution >= 4 is 34.0 Å². The van der Waals surface area contributed by atoms with Gasteiger partial charge in [-0.2, -0.15) is 0 Å². The topological polar surface area (TPSA) is 73.3 Å². The first-order chi connectivity index (χ1) is 12.4. The van der Waals surface area contributed by atoms with Gasteiger partial charge in [0.15, 0.2) is 11.5 Å². The van der Waals surface area contributed by atoms with Gasteiger partial charge in [0, 0.05) is 12.0 Å². The monoisotopic (exact) mass is 397 g/mol. The molecule has 0 spiro atoms. The molecule has 1 amide bonds. The van der Waals surface area contributed by atoms with Crippen LogP contribution in [0.5, 0.6) is 11.5 Å². The Bertz CT molecular complexity index is 749. The maximum atomic E-state index is 12.5. The Kier molecular flexibility index (Phi) is 7.66. The summed E-state index contributed by atoms with van der Waals surface area (Å²) in [6, 6.07) is 3.17. The number of nitrogens with zero attached hydrogens (tertiary/aromatic N) is 2. The van der Waals surface area contributed by atoms with E-state index in [4.69, 9.17) is 21.1 Å². The molecule has 0 saturated carbocycles. The highest BCUT2D eigenvalue weighted by atomic mass is 35.5. The van der Waals surface area contributed by atoms with Crippen molar-refractivity contribution in [2.75, 3.05) is 19.0 Å². The van der Waals surface area contributed by atoms with Gasteiger partial charge in [-0.3, -0.25) is 10.1 Å². The quantitative estimate of drug-likeness (QED) is 0.656. The minimum Gasteiger partial charge on any atom is -0.493 e. The van der Waals surface area contributed by atoms with Gasteiger partial charge in [-0.05, 0) is 24.5 Å². The van der Waals surface area contributed by atoms with Crippen molar-refractivity contribution in [3.63, 3.8) is 0 Å². The Hall–Kier alpha value is -1.86. The van der Waals surface area contributed by atoms with Crippen molar-refractivity contribution in [1.29, 1.82) is 0 Å². The number of amides is 1. The van der Waals surface area contributed by atoms with E-state index < -0.39 is 0 Å². The third-order valence-electron chi connectivity index (χ3n) is 3.48. The minimum atomic E-state index is -0.321. The van der Waals surface area contributed by atoms with Crippen molar-refractivity contribution in [3.05, 3.63) is 27.7 Å². The fourth-order valence-electron chi connectivity index (χ4n) is 2.14. The van der Waals surface area contributed by atoms with E-state index in [0.29, 0.717) is 39.7 Å². The number of anilines is 1. The molecule has 2 rings (SSSR count). The van der Waals surface area contributed by atoms with E-state index in [1.165, 1.54) is 18.4 Å². The lowest BCUT2D eigenvalue weighted by Crippen LogP contribution is -2.13. The average Bonchev–Trinajstić information content (AvgIpc) is 3.05. The molecule has 8 heteroatoms. The number of hydrogen-bond donors (Lipinski definition) is 1. The number of nitrogens with one attached hydrogen (secondary N) is 1. The van der Waals surface area contributed by atoms with Crippen LogP contribution in [0.3, 0.4) is 0 Å². The highest BCUT2D eigenvalue weighted by Gasteiger charge is 2.17. The van der Waals surface area contributed by atoms with Crippen LogP contribution in [0.1, 0.15) is 49.0 Å². The Labute approximate surface area is 162 Å². The molecule has 1 aromatic carbocycles. The number of methoxy groups -OCH3 is 1. The maximum absolute atomic E-state index is 12.5. The maximum Gasteiger partial charge on any atom is 0.257 e. The zero-order valence-electron chi connectivity index (χ0n) is 15.5. The molecule has 1 heterocycles. The Morgan fingerprint density at radius 3 is 2.77 bits per heavy atom. The van der Waals surface area contributed by atoms with Crippen molar-refractivity contribution in [2.45, 2.75) is 40.0 Å². The number of rotatable bonds is 9. The number of carbonyl (C=O) groups is 1. The molecule has 0 radical (unpaired) electrons. The highest BCUT2D eigenvalue weighted by molar-refractivity contribution is 7.15. The molecule has 1 aromatic heterocycles. The van der Waals surface area contributed by atoms with E-state index in [0.717, 1.165) is 24.3 Å². The summed E-state index contributed by atoms with van der Waals surface area (Å²) >= 11 is 7.68. The van der Waals surface area contributed by atoms with Crippen LogP contribution in [-0.4, -0.2) is 29.8 Å². The molecule has 0 bridgehead atoms.